The van der Waals surface area contributed by atoms with Gasteiger partial charge >= 0.3 is 6.18 Å². The lowest BCUT2D eigenvalue weighted by atomic mass is 9.93. The van der Waals surface area contributed by atoms with E-state index in [-0.39, 0.29) is 19.3 Å². The predicted octanol–water partition coefficient (Wildman–Crippen LogP) is 1.78. The van der Waals surface area contributed by atoms with Crippen LogP contribution in [0.15, 0.2) is 0 Å². The third-order valence-electron chi connectivity index (χ3n) is 3.04. The first-order chi connectivity index (χ1) is 6.89. The van der Waals surface area contributed by atoms with Gasteiger partial charge in [-0.1, -0.05) is 0 Å². The first kappa shape index (κ1) is 12.4. The maximum Gasteiger partial charge on any atom is 0.396 e. The van der Waals surface area contributed by atoms with Gasteiger partial charge in [-0.25, -0.2) is 0 Å². The first-order valence-corrected chi connectivity index (χ1v) is 4.66. The molecule has 1 rings (SSSR count). The smallest absolute Gasteiger partial charge is 0.303 e. The Morgan fingerprint density at radius 3 is 2.33 bits per heavy atom. The Kier molecular flexibility index (Phi) is 3.40. The molecule has 0 aromatic carbocycles. The summed E-state index contributed by atoms with van der Waals surface area (Å²) >= 11 is 0. The van der Waals surface area contributed by atoms with Crippen LogP contribution in [0.5, 0.6) is 0 Å². The predicted molar refractivity (Wildman–Crippen MR) is 47.0 cm³/mol. The Balaban J connectivity index is 2.84. The van der Waals surface area contributed by atoms with Gasteiger partial charge in [-0.3, -0.25) is 0 Å². The number of carbonyl (C=O) groups is 1. The molecule has 1 aliphatic rings. The average Bonchev–Trinajstić information content (AvgIpc) is 2.92. The Morgan fingerprint density at radius 2 is 2.07 bits per heavy atom. The van der Waals surface area contributed by atoms with E-state index in [1.165, 1.54) is 14.2 Å². The molecule has 1 saturated carbocycles. The summed E-state index contributed by atoms with van der Waals surface area (Å²) < 4.78 is 38.3. The Bertz CT molecular complexity index is 238. The van der Waals surface area contributed by atoms with Crippen molar-refractivity contribution in [3.8, 4) is 0 Å². The van der Waals surface area contributed by atoms with Crippen molar-refractivity contribution < 1.29 is 22.8 Å². The molecule has 0 aromatic rings. The quantitative estimate of drug-likeness (QED) is 0.527. The topological polar surface area (TPSA) is 29.5 Å². The lowest BCUT2D eigenvalue weighted by molar-refractivity contribution is -0.242. The number of nitrogens with zero attached hydrogens (tertiary/aromatic N) is 1. The summed E-state index contributed by atoms with van der Waals surface area (Å²) in [5.41, 5.74) is -1.75. The number of carbonyl (C=O) groups excluding carboxylic acids is 1. The van der Waals surface area contributed by atoms with Crippen molar-refractivity contribution in [1.82, 2.24) is 5.06 Å². The fourth-order valence-corrected chi connectivity index (χ4v) is 1.88. The summed E-state index contributed by atoms with van der Waals surface area (Å²) in [7, 11) is 2.71. The van der Waals surface area contributed by atoms with Gasteiger partial charge in [0.2, 0.25) is 0 Å². The average molecular weight is 225 g/mol. The zero-order chi connectivity index (χ0) is 11.7. The van der Waals surface area contributed by atoms with E-state index in [2.05, 4.69) is 0 Å². The maximum atomic E-state index is 12.8. The largest absolute Gasteiger partial charge is 0.396 e. The molecule has 0 aromatic heterocycles. The maximum absolute atomic E-state index is 12.8. The number of aldehydes is 1. The summed E-state index contributed by atoms with van der Waals surface area (Å²) in [6.45, 7) is 0. The third-order valence-corrected chi connectivity index (χ3v) is 3.04. The minimum Gasteiger partial charge on any atom is -0.303 e. The zero-order valence-electron chi connectivity index (χ0n) is 8.67. The fraction of sp³-hybridized carbons (Fsp3) is 0.889. The van der Waals surface area contributed by atoms with Crippen LogP contribution in [-0.4, -0.2) is 37.7 Å². The zero-order valence-corrected chi connectivity index (χ0v) is 8.67. The fourth-order valence-electron chi connectivity index (χ4n) is 1.88. The molecular weight excluding hydrogens is 211 g/mol. The van der Waals surface area contributed by atoms with E-state index >= 15 is 0 Å². The molecule has 1 atom stereocenters. The van der Waals surface area contributed by atoms with E-state index in [0.29, 0.717) is 6.29 Å². The second-order valence-corrected chi connectivity index (χ2v) is 3.80. The number of hydrogen-bond donors (Lipinski definition) is 0. The van der Waals surface area contributed by atoms with Crippen LogP contribution in [0, 0.1) is 5.41 Å². The molecule has 0 amide bonds. The van der Waals surface area contributed by atoms with Gasteiger partial charge in [-0.15, -0.1) is 0 Å². The molecule has 0 aliphatic heterocycles. The van der Waals surface area contributed by atoms with Gasteiger partial charge in [-0.2, -0.15) is 18.2 Å². The highest BCUT2D eigenvalue weighted by Gasteiger charge is 2.68. The van der Waals surface area contributed by atoms with Crippen molar-refractivity contribution in [2.24, 2.45) is 5.41 Å². The molecule has 0 unspecified atom stereocenters. The van der Waals surface area contributed by atoms with Crippen molar-refractivity contribution in [1.29, 1.82) is 0 Å². The van der Waals surface area contributed by atoms with Gasteiger partial charge in [0, 0.05) is 13.5 Å². The van der Waals surface area contributed by atoms with Crippen LogP contribution in [0.4, 0.5) is 13.2 Å². The van der Waals surface area contributed by atoms with Crippen LogP contribution in [0.2, 0.25) is 0 Å². The highest BCUT2D eigenvalue weighted by atomic mass is 19.4. The Morgan fingerprint density at radius 1 is 1.53 bits per heavy atom. The molecule has 6 heteroatoms. The van der Waals surface area contributed by atoms with E-state index in [0.717, 1.165) is 5.06 Å². The monoisotopic (exact) mass is 225 g/mol. The number of alkyl halides is 3. The Labute approximate surface area is 86.1 Å². The van der Waals surface area contributed by atoms with Crippen molar-refractivity contribution in [3.05, 3.63) is 0 Å². The molecule has 0 radical (unpaired) electrons. The summed E-state index contributed by atoms with van der Waals surface area (Å²) in [6.07, 6.45) is -3.78. The number of rotatable bonds is 5. The molecule has 88 valence electrons. The summed E-state index contributed by atoms with van der Waals surface area (Å²) in [4.78, 5) is 15.1. The standard InChI is InChI=1S/C9H14F3NO2/c1-13(15-2)7(3-6-14)8(4-5-8)9(10,11)12/h6-7H,3-5H2,1-2H3/t7-/m0/s1. The summed E-state index contributed by atoms with van der Waals surface area (Å²) in [5, 5.41) is 1.12. The summed E-state index contributed by atoms with van der Waals surface area (Å²) in [6, 6.07) is -0.917. The Hall–Kier alpha value is -0.620. The minimum absolute atomic E-state index is 0.0721. The van der Waals surface area contributed by atoms with Gasteiger partial charge in [0.05, 0.1) is 18.6 Å². The normalized spacial score (nSPS) is 21.5. The number of hydroxylamine groups is 2. The highest BCUT2D eigenvalue weighted by Crippen LogP contribution is 2.61. The van der Waals surface area contributed by atoms with Crippen molar-refractivity contribution >= 4 is 6.29 Å². The van der Waals surface area contributed by atoms with Crippen LogP contribution in [-0.2, 0) is 9.63 Å². The first-order valence-electron chi connectivity index (χ1n) is 4.66. The van der Waals surface area contributed by atoms with Gasteiger partial charge in [0.15, 0.2) is 0 Å². The molecule has 0 N–H and O–H groups in total. The molecule has 1 aliphatic carbocycles. The molecule has 3 nitrogen and oxygen atoms in total. The van der Waals surface area contributed by atoms with E-state index in [1.807, 2.05) is 0 Å². The molecule has 0 saturated heterocycles. The van der Waals surface area contributed by atoms with E-state index in [9.17, 15) is 18.0 Å². The molecule has 0 heterocycles. The summed E-state index contributed by atoms with van der Waals surface area (Å²) in [5.74, 6) is 0. The van der Waals surface area contributed by atoms with Crippen LogP contribution in [0.25, 0.3) is 0 Å². The SMILES string of the molecule is CON(C)[C@@H](CC=O)C1(C(F)(F)F)CC1. The van der Waals surface area contributed by atoms with Gasteiger partial charge in [-0.05, 0) is 12.8 Å². The van der Waals surface area contributed by atoms with Crippen molar-refractivity contribution in [2.45, 2.75) is 31.5 Å². The second-order valence-electron chi connectivity index (χ2n) is 3.80. The lowest BCUT2D eigenvalue weighted by Gasteiger charge is -2.33. The van der Waals surface area contributed by atoms with E-state index in [1.54, 1.807) is 0 Å². The minimum atomic E-state index is -4.27. The lowest BCUT2D eigenvalue weighted by Crippen LogP contribution is -2.46. The van der Waals surface area contributed by atoms with E-state index < -0.39 is 17.6 Å². The van der Waals surface area contributed by atoms with Crippen LogP contribution in [0.3, 0.4) is 0 Å². The highest BCUT2D eigenvalue weighted by molar-refractivity contribution is 5.51. The van der Waals surface area contributed by atoms with E-state index in [4.69, 9.17) is 4.84 Å². The number of hydrogen-bond acceptors (Lipinski definition) is 3. The van der Waals surface area contributed by atoms with Crippen molar-refractivity contribution in [3.63, 3.8) is 0 Å². The van der Waals surface area contributed by atoms with Crippen LogP contribution in [0.1, 0.15) is 19.3 Å². The van der Waals surface area contributed by atoms with Crippen molar-refractivity contribution in [2.75, 3.05) is 14.2 Å². The van der Waals surface area contributed by atoms with Crippen LogP contribution < -0.4 is 0 Å². The van der Waals surface area contributed by atoms with Gasteiger partial charge in [0.25, 0.3) is 0 Å². The van der Waals surface area contributed by atoms with Gasteiger partial charge < -0.3 is 9.63 Å². The van der Waals surface area contributed by atoms with Crippen LogP contribution >= 0.6 is 0 Å². The third kappa shape index (κ3) is 2.15. The molecule has 1 fully saturated rings. The molecular formula is C9H14F3NO2. The van der Waals surface area contributed by atoms with Gasteiger partial charge in [0.1, 0.15) is 6.29 Å². The number of halogens is 3. The molecule has 0 bridgehead atoms. The second kappa shape index (κ2) is 4.09. The molecule has 0 spiro atoms. The molecule has 15 heavy (non-hydrogen) atoms.